The number of nitrogens with zero attached hydrogens (tertiary/aromatic N) is 2. The maximum absolute atomic E-state index is 14.2. The predicted molar refractivity (Wildman–Crippen MR) is 127 cm³/mol. The van der Waals surface area contributed by atoms with Crippen molar-refractivity contribution in [3.8, 4) is 0 Å². The Labute approximate surface area is 196 Å². The molecule has 0 amide bonds. The van der Waals surface area contributed by atoms with Crippen LogP contribution in [0.3, 0.4) is 0 Å². The molecule has 2 aliphatic rings. The number of hydrogen-bond acceptors (Lipinski definition) is 4. The minimum atomic E-state index is -0.541. The molecule has 0 saturated carbocycles. The Balaban J connectivity index is 1.78. The lowest BCUT2D eigenvalue weighted by Gasteiger charge is -2.35. The van der Waals surface area contributed by atoms with E-state index in [1.165, 1.54) is 17.4 Å². The molecular weight excluding hydrogens is 491 g/mol. The molecule has 32 heavy (non-hydrogen) atoms. The fourth-order valence-electron chi connectivity index (χ4n) is 4.44. The summed E-state index contributed by atoms with van der Waals surface area (Å²) in [6.45, 7) is 4.12. The number of benzene rings is 2. The molecule has 0 N–H and O–H groups in total. The van der Waals surface area contributed by atoms with Gasteiger partial charge in [0.2, 0.25) is 0 Å². The molecule has 0 bridgehead atoms. The van der Waals surface area contributed by atoms with E-state index in [0.717, 1.165) is 15.7 Å². The summed E-state index contributed by atoms with van der Waals surface area (Å²) in [6.07, 6.45) is 2.64. The van der Waals surface area contributed by atoms with Gasteiger partial charge in [-0.1, -0.05) is 71.4 Å². The number of allylic oxidation sites excluding steroid dienone is 2. The predicted octanol–water partition coefficient (Wildman–Crippen LogP) is 4.51. The molecule has 2 heterocycles. The lowest BCUT2D eigenvalue weighted by Crippen LogP contribution is -2.42. The third kappa shape index (κ3) is 3.63. The van der Waals surface area contributed by atoms with Gasteiger partial charge in [0.15, 0.2) is 10.6 Å². The number of ketones is 1. The van der Waals surface area contributed by atoms with Gasteiger partial charge in [0, 0.05) is 22.0 Å². The van der Waals surface area contributed by atoms with Crippen LogP contribution in [0.4, 0.5) is 4.39 Å². The van der Waals surface area contributed by atoms with Crippen LogP contribution in [-0.4, -0.2) is 10.4 Å². The summed E-state index contributed by atoms with van der Waals surface area (Å²) < 4.78 is 17.1. The molecule has 0 saturated heterocycles. The summed E-state index contributed by atoms with van der Waals surface area (Å²) >= 11 is 4.69. The van der Waals surface area contributed by atoms with Crippen molar-refractivity contribution in [2.75, 3.05) is 0 Å². The van der Waals surface area contributed by atoms with Crippen molar-refractivity contribution in [1.29, 1.82) is 0 Å². The van der Waals surface area contributed by atoms with Gasteiger partial charge in [0.25, 0.3) is 5.56 Å². The molecule has 1 unspecified atom stereocenters. The maximum Gasteiger partial charge on any atom is 0.271 e. The monoisotopic (exact) mass is 510 g/mol. The van der Waals surface area contributed by atoms with Gasteiger partial charge in [-0.2, -0.15) is 0 Å². The third-order valence-electron chi connectivity index (χ3n) is 5.87. The first-order valence-corrected chi connectivity index (χ1v) is 11.9. The summed E-state index contributed by atoms with van der Waals surface area (Å²) in [5, 5.41) is 0. The van der Waals surface area contributed by atoms with Crippen molar-refractivity contribution in [3.63, 3.8) is 0 Å². The minimum Gasteiger partial charge on any atom is -0.294 e. The van der Waals surface area contributed by atoms with Gasteiger partial charge in [-0.25, -0.2) is 9.38 Å². The summed E-state index contributed by atoms with van der Waals surface area (Å²) in [7, 11) is 0. The molecule has 162 valence electrons. The van der Waals surface area contributed by atoms with Gasteiger partial charge in [-0.3, -0.25) is 14.2 Å². The van der Waals surface area contributed by atoms with Crippen molar-refractivity contribution in [1.82, 2.24) is 4.57 Å². The number of halogens is 2. The number of rotatable bonds is 2. The highest BCUT2D eigenvalue weighted by molar-refractivity contribution is 9.10. The highest BCUT2D eigenvalue weighted by Crippen LogP contribution is 2.43. The van der Waals surface area contributed by atoms with Crippen LogP contribution in [0.15, 0.2) is 74.1 Å². The summed E-state index contributed by atoms with van der Waals surface area (Å²) in [6, 6.07) is 13.5. The second kappa shape index (κ2) is 7.74. The van der Waals surface area contributed by atoms with Crippen LogP contribution in [0.5, 0.6) is 0 Å². The topological polar surface area (TPSA) is 51.4 Å². The number of fused-ring (bicyclic) bond motifs is 1. The summed E-state index contributed by atoms with van der Waals surface area (Å²) in [5.41, 5.74) is 2.08. The number of carbonyl (C=O) groups is 1. The standard InChI is InChI=1S/C25H20BrFN2O2S/c1-25(2)12-18-21(19(30)13-25)22(14-7-9-16(26)10-8-14)29-23(31)20(32-24(29)28-18)11-15-5-3-4-6-17(15)27/h3-11,22H,12-13H2,1-2H3. The van der Waals surface area contributed by atoms with Crippen LogP contribution >= 0.6 is 27.3 Å². The normalized spacial score (nSPS) is 20.1. The van der Waals surface area contributed by atoms with Crippen LogP contribution in [0.1, 0.15) is 43.9 Å². The molecule has 1 aromatic heterocycles. The Bertz CT molecular complexity index is 1460. The highest BCUT2D eigenvalue weighted by atomic mass is 79.9. The van der Waals surface area contributed by atoms with Crippen LogP contribution in [0, 0.1) is 11.2 Å². The van der Waals surface area contributed by atoms with Crippen molar-refractivity contribution >= 4 is 39.1 Å². The van der Waals surface area contributed by atoms with Gasteiger partial charge >= 0.3 is 0 Å². The average molecular weight is 511 g/mol. The molecule has 1 atom stereocenters. The Kier molecular flexibility index (Phi) is 5.13. The van der Waals surface area contributed by atoms with Gasteiger partial charge < -0.3 is 0 Å². The second-order valence-electron chi connectivity index (χ2n) is 8.96. The molecule has 5 rings (SSSR count). The molecule has 4 nitrogen and oxygen atoms in total. The molecule has 2 aromatic carbocycles. The van der Waals surface area contributed by atoms with E-state index in [4.69, 9.17) is 4.99 Å². The largest absolute Gasteiger partial charge is 0.294 e. The number of carbonyl (C=O) groups excluding carboxylic acids is 1. The number of thiazole rings is 1. The molecule has 7 heteroatoms. The molecule has 1 aliphatic heterocycles. The molecule has 0 fully saturated rings. The maximum atomic E-state index is 14.2. The van der Waals surface area contributed by atoms with Crippen LogP contribution in [-0.2, 0) is 4.79 Å². The first-order chi connectivity index (χ1) is 15.2. The van der Waals surface area contributed by atoms with Crippen LogP contribution in [0.25, 0.3) is 6.08 Å². The zero-order valence-corrected chi connectivity index (χ0v) is 20.0. The average Bonchev–Trinajstić information content (AvgIpc) is 3.03. The number of aromatic nitrogens is 1. The molecule has 3 aromatic rings. The zero-order valence-electron chi connectivity index (χ0n) is 17.6. The third-order valence-corrected chi connectivity index (χ3v) is 7.38. The Hall–Kier alpha value is -2.64. The Morgan fingerprint density at radius 3 is 2.56 bits per heavy atom. The Morgan fingerprint density at radius 1 is 1.12 bits per heavy atom. The molecular formula is C25H20BrFN2O2S. The molecule has 0 radical (unpaired) electrons. The van der Waals surface area contributed by atoms with Crippen LogP contribution in [0.2, 0.25) is 0 Å². The number of Topliss-reactive ketones (excluding diaryl/α,β-unsaturated/α-hetero) is 1. The molecule has 1 aliphatic carbocycles. The van der Waals surface area contributed by atoms with Crippen LogP contribution < -0.4 is 14.9 Å². The smallest absolute Gasteiger partial charge is 0.271 e. The van der Waals surface area contributed by atoms with E-state index in [1.54, 1.807) is 28.8 Å². The quantitative estimate of drug-likeness (QED) is 0.509. The van der Waals surface area contributed by atoms with E-state index in [0.29, 0.717) is 33.3 Å². The van der Waals surface area contributed by atoms with Crippen molar-refractivity contribution in [2.45, 2.75) is 32.7 Å². The van der Waals surface area contributed by atoms with Crippen molar-refractivity contribution < 1.29 is 9.18 Å². The van der Waals surface area contributed by atoms with E-state index in [9.17, 15) is 14.0 Å². The van der Waals surface area contributed by atoms with E-state index in [1.807, 2.05) is 24.3 Å². The Morgan fingerprint density at radius 2 is 1.84 bits per heavy atom. The highest BCUT2D eigenvalue weighted by Gasteiger charge is 2.40. The lowest BCUT2D eigenvalue weighted by molar-refractivity contribution is -0.118. The summed E-state index contributed by atoms with van der Waals surface area (Å²) in [5.74, 6) is -0.365. The molecule has 0 spiro atoms. The van der Waals surface area contributed by atoms with E-state index in [-0.39, 0.29) is 22.6 Å². The van der Waals surface area contributed by atoms with E-state index < -0.39 is 6.04 Å². The van der Waals surface area contributed by atoms with Crippen molar-refractivity contribution in [3.05, 3.63) is 101 Å². The van der Waals surface area contributed by atoms with Gasteiger partial charge in [-0.05, 0) is 41.7 Å². The van der Waals surface area contributed by atoms with E-state index >= 15 is 0 Å². The fourth-order valence-corrected chi connectivity index (χ4v) is 5.72. The number of hydrogen-bond donors (Lipinski definition) is 0. The van der Waals surface area contributed by atoms with Gasteiger partial charge in [0.05, 0.1) is 16.3 Å². The zero-order chi connectivity index (χ0) is 22.6. The van der Waals surface area contributed by atoms with E-state index in [2.05, 4.69) is 29.8 Å². The SMILES string of the molecule is CC1(C)CC(=O)C2=C(C1)N=c1sc(=Cc3ccccc3F)c(=O)n1C2c1ccc(Br)cc1. The lowest BCUT2D eigenvalue weighted by atomic mass is 9.73. The fraction of sp³-hybridized carbons (Fsp3) is 0.240. The second-order valence-corrected chi connectivity index (χ2v) is 10.9. The minimum absolute atomic E-state index is 0.0244. The first-order valence-electron chi connectivity index (χ1n) is 10.3. The summed E-state index contributed by atoms with van der Waals surface area (Å²) in [4.78, 5) is 32.1. The first kappa shape index (κ1) is 21.2. The van der Waals surface area contributed by atoms with Crippen molar-refractivity contribution in [2.24, 2.45) is 10.4 Å². The van der Waals surface area contributed by atoms with Gasteiger partial charge in [-0.15, -0.1) is 0 Å². The van der Waals surface area contributed by atoms with Gasteiger partial charge in [0.1, 0.15) is 5.82 Å².